The lowest BCUT2D eigenvalue weighted by atomic mass is 10.0. The molecule has 2 unspecified atom stereocenters. The summed E-state index contributed by atoms with van der Waals surface area (Å²) in [6.45, 7) is 1.95. The average Bonchev–Trinajstić information content (AvgIpc) is 2.68. The molecule has 1 aliphatic rings. The molecule has 1 aliphatic carbocycles. The zero-order valence-corrected chi connectivity index (χ0v) is 11.3. The van der Waals surface area contributed by atoms with E-state index in [9.17, 15) is 9.90 Å². The van der Waals surface area contributed by atoms with E-state index < -0.39 is 6.10 Å². The molecule has 0 saturated heterocycles. The highest BCUT2D eigenvalue weighted by molar-refractivity contribution is 9.10. The van der Waals surface area contributed by atoms with Crippen molar-refractivity contribution in [2.24, 2.45) is 5.92 Å². The second kappa shape index (κ2) is 5.19. The van der Waals surface area contributed by atoms with Crippen LogP contribution in [0.3, 0.4) is 0 Å². The maximum absolute atomic E-state index is 12.0. The van der Waals surface area contributed by atoms with Crippen LogP contribution in [0.4, 0.5) is 5.69 Å². The largest absolute Gasteiger partial charge is 0.392 e. The molecule has 2 rings (SSSR count). The highest BCUT2D eigenvalue weighted by Gasteiger charge is 2.31. The third-order valence-corrected chi connectivity index (χ3v) is 3.76. The fraction of sp³-hybridized carbons (Fsp3) is 0.462. The number of carbonyl (C=O) groups is 1. The summed E-state index contributed by atoms with van der Waals surface area (Å²) in [5.74, 6) is -0.321. The van der Waals surface area contributed by atoms with Gasteiger partial charge in [-0.05, 0) is 49.9 Å². The van der Waals surface area contributed by atoms with Crippen LogP contribution < -0.4 is 5.32 Å². The number of aliphatic hydroxyl groups excluding tert-OH is 1. The minimum Gasteiger partial charge on any atom is -0.392 e. The standard InChI is InChI=1S/C13H16BrNO2/c1-8-7-9(14)5-6-11(8)15-13(17)10-3-2-4-12(10)16/h5-7,10,12,16H,2-4H2,1H3,(H,15,17). The molecule has 92 valence electrons. The second-order valence-electron chi connectivity index (χ2n) is 4.55. The van der Waals surface area contributed by atoms with Gasteiger partial charge in [0.2, 0.25) is 5.91 Å². The van der Waals surface area contributed by atoms with Crippen LogP contribution in [-0.4, -0.2) is 17.1 Å². The average molecular weight is 298 g/mol. The maximum atomic E-state index is 12.0. The molecule has 0 heterocycles. The molecule has 0 spiro atoms. The van der Waals surface area contributed by atoms with Crippen molar-refractivity contribution >= 4 is 27.5 Å². The molecule has 3 nitrogen and oxygen atoms in total. The fourth-order valence-corrected chi connectivity index (χ4v) is 2.71. The van der Waals surface area contributed by atoms with Gasteiger partial charge in [-0.15, -0.1) is 0 Å². The zero-order chi connectivity index (χ0) is 12.4. The van der Waals surface area contributed by atoms with Gasteiger partial charge in [-0.1, -0.05) is 15.9 Å². The Morgan fingerprint density at radius 2 is 2.24 bits per heavy atom. The monoisotopic (exact) mass is 297 g/mol. The van der Waals surface area contributed by atoms with Gasteiger partial charge < -0.3 is 10.4 Å². The minimum absolute atomic E-state index is 0.0691. The van der Waals surface area contributed by atoms with Crippen LogP contribution in [0.2, 0.25) is 0 Å². The van der Waals surface area contributed by atoms with Crippen LogP contribution in [0, 0.1) is 12.8 Å². The van der Waals surface area contributed by atoms with E-state index in [2.05, 4.69) is 21.2 Å². The highest BCUT2D eigenvalue weighted by atomic mass is 79.9. The molecule has 2 atom stereocenters. The lowest BCUT2D eigenvalue weighted by Crippen LogP contribution is -2.28. The molecule has 0 radical (unpaired) electrons. The first-order valence-electron chi connectivity index (χ1n) is 5.83. The molecule has 1 fully saturated rings. The predicted octanol–water partition coefficient (Wildman–Crippen LogP) is 2.86. The minimum atomic E-state index is -0.481. The quantitative estimate of drug-likeness (QED) is 0.882. The van der Waals surface area contributed by atoms with Gasteiger partial charge >= 0.3 is 0 Å². The Balaban J connectivity index is 2.07. The van der Waals surface area contributed by atoms with E-state index in [-0.39, 0.29) is 11.8 Å². The third-order valence-electron chi connectivity index (χ3n) is 3.26. The van der Waals surface area contributed by atoms with Crippen LogP contribution in [0.1, 0.15) is 24.8 Å². The fourth-order valence-electron chi connectivity index (χ4n) is 2.24. The first kappa shape index (κ1) is 12.6. The van der Waals surface area contributed by atoms with E-state index in [0.717, 1.165) is 35.0 Å². The van der Waals surface area contributed by atoms with Crippen molar-refractivity contribution in [2.45, 2.75) is 32.3 Å². The van der Waals surface area contributed by atoms with Gasteiger partial charge in [-0.2, -0.15) is 0 Å². The number of nitrogens with one attached hydrogen (secondary N) is 1. The SMILES string of the molecule is Cc1cc(Br)ccc1NC(=O)C1CCCC1O. The normalized spacial score (nSPS) is 23.7. The summed E-state index contributed by atoms with van der Waals surface area (Å²) in [6, 6.07) is 5.73. The van der Waals surface area contributed by atoms with Crippen molar-refractivity contribution in [1.29, 1.82) is 0 Å². The van der Waals surface area contributed by atoms with Gasteiger partial charge in [0.25, 0.3) is 0 Å². The molecule has 1 amide bonds. The van der Waals surface area contributed by atoms with Gasteiger partial charge in [0.15, 0.2) is 0 Å². The Labute approximate surface area is 109 Å². The van der Waals surface area contributed by atoms with Crippen molar-refractivity contribution < 1.29 is 9.90 Å². The molecule has 2 N–H and O–H groups in total. The van der Waals surface area contributed by atoms with Gasteiger partial charge in [0, 0.05) is 10.2 Å². The Bertz CT molecular complexity index is 433. The summed E-state index contributed by atoms with van der Waals surface area (Å²) in [7, 11) is 0. The number of hydrogen-bond donors (Lipinski definition) is 2. The van der Waals surface area contributed by atoms with Gasteiger partial charge in [0.05, 0.1) is 12.0 Å². The molecule has 0 aliphatic heterocycles. The van der Waals surface area contributed by atoms with Gasteiger partial charge in [0.1, 0.15) is 0 Å². The highest BCUT2D eigenvalue weighted by Crippen LogP contribution is 2.27. The predicted molar refractivity (Wildman–Crippen MR) is 70.9 cm³/mol. The summed E-state index contributed by atoms with van der Waals surface area (Å²) >= 11 is 3.39. The van der Waals surface area contributed by atoms with Crippen LogP contribution in [0.25, 0.3) is 0 Å². The molecular weight excluding hydrogens is 282 g/mol. The van der Waals surface area contributed by atoms with Gasteiger partial charge in [-0.3, -0.25) is 4.79 Å². The molecule has 0 bridgehead atoms. The smallest absolute Gasteiger partial charge is 0.230 e. The molecule has 4 heteroatoms. The maximum Gasteiger partial charge on any atom is 0.230 e. The van der Waals surface area contributed by atoms with Crippen LogP contribution in [0.15, 0.2) is 22.7 Å². The summed E-state index contributed by atoms with van der Waals surface area (Å²) in [5.41, 5.74) is 1.83. The zero-order valence-electron chi connectivity index (χ0n) is 9.74. The van der Waals surface area contributed by atoms with Crippen molar-refractivity contribution in [3.05, 3.63) is 28.2 Å². The third kappa shape index (κ3) is 2.87. The van der Waals surface area contributed by atoms with Crippen molar-refractivity contribution in [3.63, 3.8) is 0 Å². The van der Waals surface area contributed by atoms with Crippen LogP contribution in [-0.2, 0) is 4.79 Å². The number of aliphatic hydroxyl groups is 1. The summed E-state index contributed by atoms with van der Waals surface area (Å²) in [6.07, 6.45) is 1.96. The first-order chi connectivity index (χ1) is 8.08. The van der Waals surface area contributed by atoms with Gasteiger partial charge in [-0.25, -0.2) is 0 Å². The molecule has 1 saturated carbocycles. The number of halogens is 1. The molecular formula is C13H16BrNO2. The second-order valence-corrected chi connectivity index (χ2v) is 5.47. The van der Waals surface area contributed by atoms with E-state index in [1.165, 1.54) is 0 Å². The topological polar surface area (TPSA) is 49.3 Å². The van der Waals surface area contributed by atoms with E-state index >= 15 is 0 Å². The summed E-state index contributed by atoms with van der Waals surface area (Å²) < 4.78 is 0.994. The summed E-state index contributed by atoms with van der Waals surface area (Å²) in [4.78, 5) is 12.0. The number of aryl methyl sites for hydroxylation is 1. The van der Waals surface area contributed by atoms with Crippen molar-refractivity contribution in [1.82, 2.24) is 0 Å². The Morgan fingerprint density at radius 3 is 2.82 bits per heavy atom. The molecule has 17 heavy (non-hydrogen) atoms. The van der Waals surface area contributed by atoms with E-state index in [4.69, 9.17) is 0 Å². The summed E-state index contributed by atoms with van der Waals surface area (Å²) in [5, 5.41) is 12.6. The number of benzene rings is 1. The van der Waals surface area contributed by atoms with Crippen LogP contribution >= 0.6 is 15.9 Å². The van der Waals surface area contributed by atoms with Crippen LogP contribution in [0.5, 0.6) is 0 Å². The lowest BCUT2D eigenvalue weighted by molar-refractivity contribution is -0.122. The van der Waals surface area contributed by atoms with Crippen molar-refractivity contribution in [2.75, 3.05) is 5.32 Å². The lowest BCUT2D eigenvalue weighted by Gasteiger charge is -2.15. The van der Waals surface area contributed by atoms with E-state index in [1.807, 2.05) is 25.1 Å². The van der Waals surface area contributed by atoms with Crippen molar-refractivity contribution in [3.8, 4) is 0 Å². The number of rotatable bonds is 2. The molecule has 0 aromatic heterocycles. The number of carbonyl (C=O) groups excluding carboxylic acids is 1. The number of amides is 1. The van der Waals surface area contributed by atoms with E-state index in [0.29, 0.717) is 0 Å². The Kier molecular flexibility index (Phi) is 3.84. The first-order valence-corrected chi connectivity index (χ1v) is 6.62. The Hall–Kier alpha value is -0.870. The molecule has 1 aromatic rings. The number of anilines is 1. The Morgan fingerprint density at radius 1 is 1.47 bits per heavy atom. The number of hydrogen-bond acceptors (Lipinski definition) is 2. The van der Waals surface area contributed by atoms with E-state index in [1.54, 1.807) is 0 Å². The molecule has 1 aromatic carbocycles.